The number of rotatable bonds is 5. The topological polar surface area (TPSA) is 50.9 Å². The average Bonchev–Trinajstić information content (AvgIpc) is 2.95. The number of aryl methyl sites for hydroxylation is 1. The number of imidazole rings is 2. The molecule has 7 heteroatoms. The standard InChI is InChI=1S/C17H25ClN6/c1-22-8-7-20-15(22)11-24(12-16-21-10-14(18)23(16)2)13-9-17(13)3-5-19-6-4-17/h7-8,10,13,19H,3-6,9,11-12H2,1-2H3. The van der Waals surface area contributed by atoms with E-state index in [9.17, 15) is 0 Å². The van der Waals surface area contributed by atoms with Crippen molar-refractivity contribution in [1.29, 1.82) is 0 Å². The molecule has 4 rings (SSSR count). The van der Waals surface area contributed by atoms with Gasteiger partial charge in [0.05, 0.1) is 19.3 Å². The van der Waals surface area contributed by atoms with Gasteiger partial charge in [-0.05, 0) is 37.8 Å². The summed E-state index contributed by atoms with van der Waals surface area (Å²) in [6, 6.07) is 0.617. The van der Waals surface area contributed by atoms with Gasteiger partial charge in [-0.15, -0.1) is 0 Å². The minimum atomic E-state index is 0.491. The Hall–Kier alpha value is -1.37. The first-order chi connectivity index (χ1) is 11.6. The first kappa shape index (κ1) is 16.1. The van der Waals surface area contributed by atoms with Crippen molar-refractivity contribution < 1.29 is 0 Å². The Morgan fingerprint density at radius 3 is 2.62 bits per heavy atom. The van der Waals surface area contributed by atoms with E-state index in [1.54, 1.807) is 6.20 Å². The van der Waals surface area contributed by atoms with Crippen molar-refractivity contribution in [2.75, 3.05) is 13.1 Å². The molecule has 2 fully saturated rings. The van der Waals surface area contributed by atoms with E-state index in [0.29, 0.717) is 16.6 Å². The van der Waals surface area contributed by atoms with Crippen LogP contribution in [-0.4, -0.2) is 43.1 Å². The molecule has 0 bridgehead atoms. The zero-order valence-electron chi connectivity index (χ0n) is 14.4. The molecule has 130 valence electrons. The maximum atomic E-state index is 6.18. The van der Waals surface area contributed by atoms with Crippen molar-refractivity contribution in [2.24, 2.45) is 19.5 Å². The van der Waals surface area contributed by atoms with E-state index in [4.69, 9.17) is 11.6 Å². The molecular weight excluding hydrogens is 324 g/mol. The Morgan fingerprint density at radius 1 is 1.25 bits per heavy atom. The predicted molar refractivity (Wildman–Crippen MR) is 93.6 cm³/mol. The first-order valence-electron chi connectivity index (χ1n) is 8.66. The lowest BCUT2D eigenvalue weighted by atomic mass is 9.93. The third-order valence-electron chi connectivity index (χ3n) is 5.82. The quantitative estimate of drug-likeness (QED) is 0.897. The molecule has 0 amide bonds. The van der Waals surface area contributed by atoms with Crippen LogP contribution in [0.5, 0.6) is 0 Å². The lowest BCUT2D eigenvalue weighted by Gasteiger charge is -2.29. The molecule has 1 atom stereocenters. The summed E-state index contributed by atoms with van der Waals surface area (Å²) in [6.45, 7) is 3.95. The van der Waals surface area contributed by atoms with Gasteiger partial charge >= 0.3 is 0 Å². The van der Waals surface area contributed by atoms with E-state index >= 15 is 0 Å². The second-order valence-corrected chi connectivity index (χ2v) is 7.64. The van der Waals surface area contributed by atoms with Crippen LogP contribution in [0.1, 0.15) is 30.9 Å². The smallest absolute Gasteiger partial charge is 0.128 e. The van der Waals surface area contributed by atoms with Gasteiger partial charge in [-0.2, -0.15) is 0 Å². The summed E-state index contributed by atoms with van der Waals surface area (Å²) in [5, 5.41) is 4.18. The fourth-order valence-electron chi connectivity index (χ4n) is 4.06. The molecule has 0 radical (unpaired) electrons. The molecule has 2 aromatic heterocycles. The Morgan fingerprint density at radius 2 is 2.00 bits per heavy atom. The van der Waals surface area contributed by atoms with Crippen LogP contribution in [0.25, 0.3) is 0 Å². The van der Waals surface area contributed by atoms with Gasteiger partial charge in [0, 0.05) is 32.5 Å². The van der Waals surface area contributed by atoms with Crippen molar-refractivity contribution in [2.45, 2.75) is 38.4 Å². The Kier molecular flexibility index (Phi) is 4.14. The van der Waals surface area contributed by atoms with Crippen LogP contribution < -0.4 is 5.32 Å². The molecule has 1 unspecified atom stereocenters. The number of piperidine rings is 1. The van der Waals surface area contributed by atoms with Crippen molar-refractivity contribution in [3.63, 3.8) is 0 Å². The van der Waals surface area contributed by atoms with Gasteiger partial charge in [-0.3, -0.25) is 4.90 Å². The molecule has 1 aliphatic heterocycles. The Labute approximate surface area is 147 Å². The van der Waals surface area contributed by atoms with Gasteiger partial charge < -0.3 is 14.5 Å². The number of nitrogens with one attached hydrogen (secondary N) is 1. The second-order valence-electron chi connectivity index (χ2n) is 7.25. The molecule has 6 nitrogen and oxygen atoms in total. The molecule has 3 heterocycles. The second kappa shape index (κ2) is 6.17. The van der Waals surface area contributed by atoms with Crippen molar-refractivity contribution in [3.8, 4) is 0 Å². The molecule has 1 N–H and O–H groups in total. The molecule has 1 saturated carbocycles. The third kappa shape index (κ3) is 2.87. The highest BCUT2D eigenvalue weighted by molar-refractivity contribution is 6.29. The zero-order chi connectivity index (χ0) is 16.7. The van der Waals surface area contributed by atoms with Crippen LogP contribution in [0, 0.1) is 5.41 Å². The monoisotopic (exact) mass is 348 g/mol. The Bertz CT molecular complexity index is 714. The minimum absolute atomic E-state index is 0.491. The molecular formula is C17H25ClN6. The van der Waals surface area contributed by atoms with Crippen LogP contribution in [0.2, 0.25) is 5.15 Å². The highest BCUT2D eigenvalue weighted by Crippen LogP contribution is 2.56. The van der Waals surface area contributed by atoms with Gasteiger partial charge in [0.1, 0.15) is 16.8 Å². The van der Waals surface area contributed by atoms with Crippen LogP contribution in [0.3, 0.4) is 0 Å². The summed E-state index contributed by atoms with van der Waals surface area (Å²) in [6.07, 6.45) is 9.46. The largest absolute Gasteiger partial charge is 0.337 e. The summed E-state index contributed by atoms with van der Waals surface area (Å²) in [4.78, 5) is 11.6. The summed E-state index contributed by atoms with van der Waals surface area (Å²) in [7, 11) is 4.04. The molecule has 2 aliphatic rings. The van der Waals surface area contributed by atoms with Crippen LogP contribution in [-0.2, 0) is 27.2 Å². The minimum Gasteiger partial charge on any atom is -0.337 e. The van der Waals surface area contributed by atoms with Gasteiger partial charge in [0.25, 0.3) is 0 Å². The van der Waals surface area contributed by atoms with Gasteiger partial charge in [0.2, 0.25) is 0 Å². The zero-order valence-corrected chi connectivity index (χ0v) is 15.1. The fourth-order valence-corrected chi connectivity index (χ4v) is 4.21. The van der Waals surface area contributed by atoms with E-state index < -0.39 is 0 Å². The number of hydrogen-bond acceptors (Lipinski definition) is 4. The van der Waals surface area contributed by atoms with Crippen LogP contribution in [0.4, 0.5) is 0 Å². The van der Waals surface area contributed by atoms with Crippen LogP contribution >= 0.6 is 11.6 Å². The molecule has 0 aromatic carbocycles. The maximum absolute atomic E-state index is 6.18. The molecule has 1 saturated heterocycles. The lowest BCUT2D eigenvalue weighted by Crippen LogP contribution is -2.36. The average molecular weight is 349 g/mol. The van der Waals surface area contributed by atoms with Crippen LogP contribution in [0.15, 0.2) is 18.6 Å². The van der Waals surface area contributed by atoms with Crippen molar-refractivity contribution in [3.05, 3.63) is 35.4 Å². The highest BCUT2D eigenvalue weighted by atomic mass is 35.5. The Balaban J connectivity index is 1.55. The number of nitrogens with zero attached hydrogens (tertiary/aromatic N) is 5. The maximum Gasteiger partial charge on any atom is 0.128 e. The molecule has 24 heavy (non-hydrogen) atoms. The summed E-state index contributed by atoms with van der Waals surface area (Å²) >= 11 is 6.18. The fraction of sp³-hybridized carbons (Fsp3) is 0.647. The number of hydrogen-bond donors (Lipinski definition) is 1. The number of aromatic nitrogens is 4. The van der Waals surface area contributed by atoms with Crippen molar-refractivity contribution >= 4 is 11.6 Å². The van der Waals surface area contributed by atoms with E-state index in [1.165, 1.54) is 19.3 Å². The first-order valence-corrected chi connectivity index (χ1v) is 9.04. The summed E-state index contributed by atoms with van der Waals surface area (Å²) in [5.74, 6) is 2.12. The highest BCUT2D eigenvalue weighted by Gasteiger charge is 2.56. The van der Waals surface area contributed by atoms with E-state index in [-0.39, 0.29) is 0 Å². The summed E-state index contributed by atoms with van der Waals surface area (Å²) < 4.78 is 4.08. The van der Waals surface area contributed by atoms with Crippen molar-refractivity contribution in [1.82, 2.24) is 29.3 Å². The van der Waals surface area contributed by atoms with E-state index in [0.717, 1.165) is 37.8 Å². The molecule has 1 spiro atoms. The lowest BCUT2D eigenvalue weighted by molar-refractivity contribution is 0.177. The van der Waals surface area contributed by atoms with E-state index in [1.807, 2.05) is 24.0 Å². The van der Waals surface area contributed by atoms with Gasteiger partial charge in [-0.1, -0.05) is 11.6 Å². The molecule has 2 aromatic rings. The van der Waals surface area contributed by atoms with E-state index in [2.05, 4.69) is 31.8 Å². The molecule has 1 aliphatic carbocycles. The number of halogens is 1. The third-order valence-corrected chi connectivity index (χ3v) is 6.18. The van der Waals surface area contributed by atoms with Gasteiger partial charge in [-0.25, -0.2) is 9.97 Å². The van der Waals surface area contributed by atoms with Gasteiger partial charge in [0.15, 0.2) is 0 Å². The SMILES string of the molecule is Cn1ccnc1CN(Cc1ncc(Cl)n1C)C1CC12CCNCC2. The summed E-state index contributed by atoms with van der Waals surface area (Å²) in [5.41, 5.74) is 0.491. The normalized spacial score (nSPS) is 22.4. The predicted octanol–water partition coefficient (Wildman–Crippen LogP) is 1.95.